The Kier molecular flexibility index (Phi) is 4.32. The van der Waals surface area contributed by atoms with Gasteiger partial charge in [-0.15, -0.1) is 0 Å². The van der Waals surface area contributed by atoms with Crippen LogP contribution in [0.25, 0.3) is 0 Å². The summed E-state index contributed by atoms with van der Waals surface area (Å²) in [6.45, 7) is 4.43. The van der Waals surface area contributed by atoms with Gasteiger partial charge in [0.1, 0.15) is 0 Å². The molecule has 0 unspecified atom stereocenters. The second-order valence-corrected chi connectivity index (χ2v) is 5.25. The lowest BCUT2D eigenvalue weighted by atomic mass is 10.1. The van der Waals surface area contributed by atoms with E-state index in [1.165, 1.54) is 0 Å². The lowest BCUT2D eigenvalue weighted by molar-refractivity contribution is 0.0950. The molecule has 1 aromatic carbocycles. The topological polar surface area (TPSA) is 42.0 Å². The van der Waals surface area contributed by atoms with Crippen molar-refractivity contribution in [2.24, 2.45) is 0 Å². The maximum absolute atomic E-state index is 12.2. The second-order valence-electron chi connectivity index (χ2n) is 4.40. The van der Waals surface area contributed by atoms with Crippen molar-refractivity contribution in [1.82, 2.24) is 10.3 Å². The minimum absolute atomic E-state index is 0.0602. The molecule has 0 saturated carbocycles. The van der Waals surface area contributed by atoms with Crippen molar-refractivity contribution in [1.29, 1.82) is 0 Å². The predicted molar refractivity (Wildman–Crippen MR) is 79.0 cm³/mol. The average Bonchev–Trinajstić information content (AvgIpc) is 2.40. The van der Waals surface area contributed by atoms with Gasteiger partial charge in [0.2, 0.25) is 0 Å². The molecule has 1 N–H and O–H groups in total. The minimum Gasteiger partial charge on any atom is -0.348 e. The molecule has 0 aliphatic carbocycles. The molecule has 4 heteroatoms. The van der Waals surface area contributed by atoms with E-state index < -0.39 is 0 Å². The van der Waals surface area contributed by atoms with Gasteiger partial charge in [-0.05, 0) is 48.7 Å². The van der Waals surface area contributed by atoms with Gasteiger partial charge >= 0.3 is 0 Å². The molecule has 0 spiro atoms. The Bertz CT molecular complexity index is 611. The van der Waals surface area contributed by atoms with E-state index in [0.29, 0.717) is 12.1 Å². The number of carbonyl (C=O) groups is 1. The molecule has 2 rings (SSSR count). The number of hydrogen-bond acceptors (Lipinski definition) is 2. The Morgan fingerprint density at radius 2 is 2.11 bits per heavy atom. The SMILES string of the molecule is Cc1cnccc1CNC(=O)c1cccc(Br)c1C. The summed E-state index contributed by atoms with van der Waals surface area (Å²) in [5.74, 6) is -0.0602. The Labute approximate surface area is 121 Å². The van der Waals surface area contributed by atoms with E-state index in [1.54, 1.807) is 12.4 Å². The van der Waals surface area contributed by atoms with Crippen LogP contribution < -0.4 is 5.32 Å². The number of nitrogens with zero attached hydrogens (tertiary/aromatic N) is 1. The third kappa shape index (κ3) is 3.20. The first-order valence-electron chi connectivity index (χ1n) is 6.02. The number of carbonyl (C=O) groups excluding carboxylic acids is 1. The molecule has 1 heterocycles. The fourth-order valence-electron chi connectivity index (χ4n) is 1.82. The van der Waals surface area contributed by atoms with E-state index in [2.05, 4.69) is 26.2 Å². The van der Waals surface area contributed by atoms with Gasteiger partial charge in [-0.25, -0.2) is 0 Å². The highest BCUT2D eigenvalue weighted by atomic mass is 79.9. The molecule has 3 nitrogen and oxygen atoms in total. The van der Waals surface area contributed by atoms with Gasteiger partial charge in [0, 0.05) is 29.0 Å². The van der Waals surface area contributed by atoms with Crippen LogP contribution in [0.4, 0.5) is 0 Å². The Morgan fingerprint density at radius 1 is 1.32 bits per heavy atom. The molecule has 98 valence electrons. The lowest BCUT2D eigenvalue weighted by Crippen LogP contribution is -2.24. The van der Waals surface area contributed by atoms with Gasteiger partial charge in [-0.2, -0.15) is 0 Å². The first-order chi connectivity index (χ1) is 9.09. The van der Waals surface area contributed by atoms with Crippen molar-refractivity contribution in [2.75, 3.05) is 0 Å². The van der Waals surface area contributed by atoms with E-state index >= 15 is 0 Å². The maximum atomic E-state index is 12.2. The van der Waals surface area contributed by atoms with E-state index in [0.717, 1.165) is 21.2 Å². The van der Waals surface area contributed by atoms with Crippen molar-refractivity contribution < 1.29 is 4.79 Å². The van der Waals surface area contributed by atoms with Gasteiger partial charge in [-0.3, -0.25) is 9.78 Å². The summed E-state index contributed by atoms with van der Waals surface area (Å²) in [5.41, 5.74) is 3.80. The van der Waals surface area contributed by atoms with Crippen LogP contribution in [-0.2, 0) is 6.54 Å². The summed E-state index contributed by atoms with van der Waals surface area (Å²) in [4.78, 5) is 16.2. The summed E-state index contributed by atoms with van der Waals surface area (Å²) < 4.78 is 0.945. The monoisotopic (exact) mass is 318 g/mol. The predicted octanol–water partition coefficient (Wildman–Crippen LogP) is 3.39. The molecule has 0 aliphatic heterocycles. The molecular formula is C15H15BrN2O. The number of aromatic nitrogens is 1. The van der Waals surface area contributed by atoms with Crippen LogP contribution in [0.1, 0.15) is 27.0 Å². The molecule has 1 aromatic heterocycles. The number of nitrogens with one attached hydrogen (secondary N) is 1. The number of amides is 1. The number of aryl methyl sites for hydroxylation is 1. The largest absolute Gasteiger partial charge is 0.348 e. The zero-order valence-electron chi connectivity index (χ0n) is 10.9. The van der Waals surface area contributed by atoms with Gasteiger partial charge in [-0.1, -0.05) is 22.0 Å². The minimum atomic E-state index is -0.0602. The van der Waals surface area contributed by atoms with Crippen molar-refractivity contribution in [2.45, 2.75) is 20.4 Å². The number of pyridine rings is 1. The van der Waals surface area contributed by atoms with Crippen molar-refractivity contribution in [3.63, 3.8) is 0 Å². The molecule has 0 aliphatic rings. The molecule has 19 heavy (non-hydrogen) atoms. The number of hydrogen-bond donors (Lipinski definition) is 1. The molecule has 0 atom stereocenters. The van der Waals surface area contributed by atoms with E-state index in [4.69, 9.17) is 0 Å². The van der Waals surface area contributed by atoms with E-state index in [1.807, 2.05) is 38.1 Å². The first-order valence-corrected chi connectivity index (χ1v) is 6.81. The first kappa shape index (κ1) is 13.7. The van der Waals surface area contributed by atoms with E-state index in [9.17, 15) is 4.79 Å². The fraction of sp³-hybridized carbons (Fsp3) is 0.200. The fourth-order valence-corrected chi connectivity index (χ4v) is 2.19. The normalized spacial score (nSPS) is 10.3. The van der Waals surface area contributed by atoms with Crippen LogP contribution in [0.3, 0.4) is 0 Å². The van der Waals surface area contributed by atoms with Gasteiger partial charge < -0.3 is 5.32 Å². The number of rotatable bonds is 3. The van der Waals surface area contributed by atoms with Crippen molar-refractivity contribution >= 4 is 21.8 Å². The van der Waals surface area contributed by atoms with Crippen LogP contribution >= 0.6 is 15.9 Å². The van der Waals surface area contributed by atoms with Gasteiger partial charge in [0.25, 0.3) is 5.91 Å². The van der Waals surface area contributed by atoms with Gasteiger partial charge in [0.15, 0.2) is 0 Å². The summed E-state index contributed by atoms with van der Waals surface area (Å²) in [7, 11) is 0. The van der Waals surface area contributed by atoms with E-state index in [-0.39, 0.29) is 5.91 Å². The van der Waals surface area contributed by atoms with Crippen molar-refractivity contribution in [3.8, 4) is 0 Å². The van der Waals surface area contributed by atoms with Crippen LogP contribution in [-0.4, -0.2) is 10.9 Å². The van der Waals surface area contributed by atoms with Crippen LogP contribution in [0, 0.1) is 13.8 Å². The summed E-state index contributed by atoms with van der Waals surface area (Å²) in [5, 5.41) is 2.94. The molecular weight excluding hydrogens is 304 g/mol. The molecule has 0 radical (unpaired) electrons. The summed E-state index contributed by atoms with van der Waals surface area (Å²) >= 11 is 3.43. The molecule has 0 saturated heterocycles. The van der Waals surface area contributed by atoms with Crippen LogP contribution in [0.15, 0.2) is 41.1 Å². The third-order valence-corrected chi connectivity index (χ3v) is 3.95. The van der Waals surface area contributed by atoms with Crippen LogP contribution in [0.5, 0.6) is 0 Å². The highest BCUT2D eigenvalue weighted by Gasteiger charge is 2.10. The molecule has 0 bridgehead atoms. The number of halogens is 1. The standard InChI is InChI=1S/C15H15BrN2O/c1-10-8-17-7-6-12(10)9-18-15(19)13-4-3-5-14(16)11(13)2/h3-8H,9H2,1-2H3,(H,18,19). The summed E-state index contributed by atoms with van der Waals surface area (Å²) in [6, 6.07) is 7.54. The third-order valence-electron chi connectivity index (χ3n) is 3.09. The lowest BCUT2D eigenvalue weighted by Gasteiger charge is -2.10. The molecule has 1 amide bonds. The Balaban J connectivity index is 2.10. The Morgan fingerprint density at radius 3 is 2.84 bits per heavy atom. The maximum Gasteiger partial charge on any atom is 0.251 e. The van der Waals surface area contributed by atoms with Gasteiger partial charge in [0.05, 0.1) is 0 Å². The average molecular weight is 319 g/mol. The number of benzene rings is 1. The molecule has 0 fully saturated rings. The zero-order chi connectivity index (χ0) is 13.8. The quantitative estimate of drug-likeness (QED) is 0.942. The summed E-state index contributed by atoms with van der Waals surface area (Å²) in [6.07, 6.45) is 3.53. The van der Waals surface area contributed by atoms with Crippen LogP contribution in [0.2, 0.25) is 0 Å². The highest BCUT2D eigenvalue weighted by Crippen LogP contribution is 2.19. The smallest absolute Gasteiger partial charge is 0.251 e. The molecule has 2 aromatic rings. The highest BCUT2D eigenvalue weighted by molar-refractivity contribution is 9.10. The van der Waals surface area contributed by atoms with Crippen molar-refractivity contribution in [3.05, 3.63) is 63.4 Å². The zero-order valence-corrected chi connectivity index (χ0v) is 12.5. The second kappa shape index (κ2) is 5.97. The Hall–Kier alpha value is -1.68.